The molecule has 0 radical (unpaired) electrons. The van der Waals surface area contributed by atoms with Crippen LogP contribution >= 0.6 is 15.9 Å². The summed E-state index contributed by atoms with van der Waals surface area (Å²) in [6, 6.07) is 22.0. The molecular formula is C33H40BrN3O4S. The number of benzene rings is 3. The maximum absolute atomic E-state index is 14.3. The van der Waals surface area contributed by atoms with Gasteiger partial charge in [-0.15, -0.1) is 0 Å². The highest BCUT2D eigenvalue weighted by atomic mass is 79.9. The van der Waals surface area contributed by atoms with Crippen LogP contribution in [0, 0.1) is 13.8 Å². The number of amides is 2. The van der Waals surface area contributed by atoms with Crippen LogP contribution < -0.4 is 9.62 Å². The summed E-state index contributed by atoms with van der Waals surface area (Å²) in [4.78, 5) is 29.9. The number of carbonyl (C=O) groups excluding carboxylic acids is 2. The topological polar surface area (TPSA) is 86.8 Å². The Morgan fingerprint density at radius 2 is 1.62 bits per heavy atom. The molecule has 1 N–H and O–H groups in total. The van der Waals surface area contributed by atoms with Crippen LogP contribution in [0.5, 0.6) is 0 Å². The number of hydrogen-bond donors (Lipinski definition) is 1. The zero-order valence-electron chi connectivity index (χ0n) is 24.6. The van der Waals surface area contributed by atoms with Crippen molar-refractivity contribution in [1.29, 1.82) is 0 Å². The van der Waals surface area contributed by atoms with Crippen molar-refractivity contribution in [2.75, 3.05) is 17.1 Å². The monoisotopic (exact) mass is 653 g/mol. The molecule has 1 saturated carbocycles. The van der Waals surface area contributed by atoms with E-state index in [1.165, 1.54) is 0 Å². The molecule has 4 rings (SSSR count). The molecule has 3 aromatic rings. The fraction of sp³-hybridized carbons (Fsp3) is 0.394. The second-order valence-corrected chi connectivity index (χ2v) is 14.1. The summed E-state index contributed by atoms with van der Waals surface area (Å²) in [5.74, 6) is -0.659. The molecule has 1 fully saturated rings. The summed E-state index contributed by atoms with van der Waals surface area (Å²) in [6.07, 6.45) is 6.53. The molecule has 224 valence electrons. The predicted molar refractivity (Wildman–Crippen MR) is 172 cm³/mol. The lowest BCUT2D eigenvalue weighted by molar-refractivity contribution is -0.140. The van der Waals surface area contributed by atoms with E-state index in [4.69, 9.17) is 0 Å². The third kappa shape index (κ3) is 8.67. The lowest BCUT2D eigenvalue weighted by Crippen LogP contribution is -2.55. The Kier molecular flexibility index (Phi) is 10.8. The van der Waals surface area contributed by atoms with Gasteiger partial charge in [-0.2, -0.15) is 0 Å². The third-order valence-corrected chi connectivity index (χ3v) is 9.40. The highest BCUT2D eigenvalue weighted by Crippen LogP contribution is 2.26. The van der Waals surface area contributed by atoms with E-state index in [0.717, 1.165) is 69.4 Å². The molecule has 1 aliphatic rings. The molecule has 1 aliphatic carbocycles. The lowest BCUT2D eigenvalue weighted by Gasteiger charge is -2.35. The van der Waals surface area contributed by atoms with Crippen molar-refractivity contribution in [2.45, 2.75) is 71.0 Å². The van der Waals surface area contributed by atoms with E-state index >= 15 is 0 Å². The summed E-state index contributed by atoms with van der Waals surface area (Å²) < 4.78 is 28.2. The van der Waals surface area contributed by atoms with E-state index in [1.807, 2.05) is 80.6 Å². The molecule has 0 saturated heterocycles. The van der Waals surface area contributed by atoms with Crippen molar-refractivity contribution in [3.8, 4) is 0 Å². The van der Waals surface area contributed by atoms with Crippen LogP contribution in [0.15, 0.2) is 77.3 Å². The Morgan fingerprint density at radius 3 is 2.29 bits per heavy atom. The molecule has 7 nitrogen and oxygen atoms in total. The van der Waals surface area contributed by atoms with Gasteiger partial charge in [0.1, 0.15) is 12.6 Å². The Labute approximate surface area is 258 Å². The van der Waals surface area contributed by atoms with Crippen molar-refractivity contribution < 1.29 is 18.0 Å². The summed E-state index contributed by atoms with van der Waals surface area (Å²) >= 11 is 3.52. The molecule has 0 heterocycles. The molecule has 42 heavy (non-hydrogen) atoms. The van der Waals surface area contributed by atoms with E-state index in [0.29, 0.717) is 12.1 Å². The second-order valence-electron chi connectivity index (χ2n) is 11.3. The van der Waals surface area contributed by atoms with Crippen LogP contribution in [0.4, 0.5) is 5.69 Å². The minimum Gasteiger partial charge on any atom is -0.352 e. The van der Waals surface area contributed by atoms with Crippen molar-refractivity contribution in [3.63, 3.8) is 0 Å². The number of nitrogens with zero attached hydrogens (tertiary/aromatic N) is 2. The smallest absolute Gasteiger partial charge is 0.244 e. The molecule has 0 aromatic heterocycles. The highest BCUT2D eigenvalue weighted by molar-refractivity contribution is 9.10. The molecule has 0 bridgehead atoms. The highest BCUT2D eigenvalue weighted by Gasteiger charge is 2.34. The molecule has 0 aliphatic heterocycles. The maximum atomic E-state index is 14.3. The van der Waals surface area contributed by atoms with Gasteiger partial charge in [0.25, 0.3) is 0 Å². The summed E-state index contributed by atoms with van der Waals surface area (Å²) in [5, 5.41) is 3.23. The number of halogens is 1. The molecule has 1 atom stereocenters. The normalized spacial score (nSPS) is 14.7. The molecule has 0 spiro atoms. The van der Waals surface area contributed by atoms with Gasteiger partial charge in [0.2, 0.25) is 21.8 Å². The van der Waals surface area contributed by atoms with Crippen LogP contribution in [0.1, 0.15) is 54.4 Å². The van der Waals surface area contributed by atoms with Crippen molar-refractivity contribution in [1.82, 2.24) is 10.2 Å². The fourth-order valence-corrected chi connectivity index (χ4v) is 6.86. The van der Waals surface area contributed by atoms with Crippen LogP contribution in [0.25, 0.3) is 0 Å². The number of hydrogen-bond acceptors (Lipinski definition) is 4. The number of anilines is 1. The van der Waals surface area contributed by atoms with Gasteiger partial charge >= 0.3 is 0 Å². The minimum atomic E-state index is -3.82. The lowest BCUT2D eigenvalue weighted by atomic mass is 9.94. The van der Waals surface area contributed by atoms with Gasteiger partial charge in [-0.3, -0.25) is 13.9 Å². The second kappa shape index (κ2) is 14.3. The fourth-order valence-electron chi connectivity index (χ4n) is 5.51. The zero-order valence-corrected chi connectivity index (χ0v) is 27.0. The molecule has 3 aromatic carbocycles. The first kappa shape index (κ1) is 31.8. The predicted octanol–water partition coefficient (Wildman–Crippen LogP) is 5.92. The largest absolute Gasteiger partial charge is 0.352 e. The van der Waals surface area contributed by atoms with Gasteiger partial charge in [-0.05, 0) is 67.1 Å². The zero-order chi connectivity index (χ0) is 30.3. The van der Waals surface area contributed by atoms with Crippen LogP contribution in [-0.4, -0.2) is 50.0 Å². The first-order valence-corrected chi connectivity index (χ1v) is 17.1. The van der Waals surface area contributed by atoms with Gasteiger partial charge in [-0.25, -0.2) is 8.42 Å². The Morgan fingerprint density at radius 1 is 0.929 bits per heavy atom. The van der Waals surface area contributed by atoms with Gasteiger partial charge < -0.3 is 10.2 Å². The van der Waals surface area contributed by atoms with Crippen LogP contribution in [0.3, 0.4) is 0 Å². The molecule has 0 unspecified atom stereocenters. The van der Waals surface area contributed by atoms with E-state index in [9.17, 15) is 18.0 Å². The van der Waals surface area contributed by atoms with Crippen molar-refractivity contribution in [3.05, 3.63) is 99.5 Å². The maximum Gasteiger partial charge on any atom is 0.244 e. The van der Waals surface area contributed by atoms with Gasteiger partial charge in [0.15, 0.2) is 0 Å². The van der Waals surface area contributed by atoms with Gasteiger partial charge in [0.05, 0.1) is 11.9 Å². The van der Waals surface area contributed by atoms with Gasteiger partial charge in [-0.1, -0.05) is 89.8 Å². The SMILES string of the molecule is Cc1ccc(C)c(N(CC(=O)N(Cc2cccc(Br)c2)[C@@H](Cc2ccccc2)C(=O)NC2CCCCC2)S(C)(=O)=O)c1. The number of carbonyl (C=O) groups is 2. The standard InChI is InChI=1S/C33H40BrN3O4S/c1-24-17-18-25(2)30(19-24)37(42(3,40)41)23-32(38)36(22-27-13-10-14-28(34)20-27)31(21-26-11-6-4-7-12-26)33(39)35-29-15-8-5-9-16-29/h4,6-7,10-14,17-20,29,31H,5,8-9,15-16,21-23H2,1-3H3,(H,35,39)/t31-/m0/s1. The molecule has 2 amide bonds. The minimum absolute atomic E-state index is 0.0646. The Bertz CT molecular complexity index is 1490. The van der Waals surface area contributed by atoms with E-state index in [2.05, 4.69) is 21.2 Å². The Balaban J connectivity index is 1.74. The third-order valence-electron chi connectivity index (χ3n) is 7.78. The quantitative estimate of drug-likeness (QED) is 0.278. The molecular weight excluding hydrogens is 614 g/mol. The first-order valence-electron chi connectivity index (χ1n) is 14.4. The van der Waals surface area contributed by atoms with Crippen LogP contribution in [-0.2, 0) is 32.6 Å². The van der Waals surface area contributed by atoms with Crippen LogP contribution in [0.2, 0.25) is 0 Å². The molecule has 9 heteroatoms. The van der Waals surface area contributed by atoms with Crippen molar-refractivity contribution in [2.24, 2.45) is 0 Å². The number of aryl methyl sites for hydroxylation is 2. The summed E-state index contributed by atoms with van der Waals surface area (Å²) in [6.45, 7) is 3.44. The van der Waals surface area contributed by atoms with E-state index < -0.39 is 28.5 Å². The Hall–Kier alpha value is -3.17. The summed E-state index contributed by atoms with van der Waals surface area (Å²) in [5.41, 5.74) is 3.84. The average molecular weight is 655 g/mol. The van der Waals surface area contributed by atoms with E-state index in [1.54, 1.807) is 11.0 Å². The van der Waals surface area contributed by atoms with E-state index in [-0.39, 0.29) is 18.5 Å². The van der Waals surface area contributed by atoms with Gasteiger partial charge in [0, 0.05) is 23.5 Å². The number of sulfonamides is 1. The first-order chi connectivity index (χ1) is 20.0. The number of rotatable bonds is 11. The average Bonchev–Trinajstić information content (AvgIpc) is 2.95. The number of nitrogens with one attached hydrogen (secondary N) is 1. The van der Waals surface area contributed by atoms with Crippen molar-refractivity contribution >= 4 is 43.5 Å². The summed E-state index contributed by atoms with van der Waals surface area (Å²) in [7, 11) is -3.82.